The van der Waals surface area contributed by atoms with Crippen LogP contribution in [0.1, 0.15) is 23.6 Å². The van der Waals surface area contributed by atoms with Gasteiger partial charge in [-0.05, 0) is 36.1 Å². The number of amides is 1. The molecule has 0 unspecified atom stereocenters. The number of hydrogen-bond acceptors (Lipinski definition) is 4. The molecule has 0 aliphatic heterocycles. The predicted octanol–water partition coefficient (Wildman–Crippen LogP) is 4.63. The first-order chi connectivity index (χ1) is 12.5. The van der Waals surface area contributed by atoms with Crippen LogP contribution in [0.4, 0.5) is 5.69 Å². The number of halogens is 1. The monoisotopic (exact) mass is 391 g/mol. The molecule has 0 saturated heterocycles. The summed E-state index contributed by atoms with van der Waals surface area (Å²) in [6.07, 6.45) is 0.815. The van der Waals surface area contributed by atoms with Gasteiger partial charge in [-0.3, -0.25) is 9.59 Å². The van der Waals surface area contributed by atoms with Crippen LogP contribution < -0.4 is 5.32 Å². The zero-order chi connectivity index (χ0) is 18.9. The average molecular weight is 392 g/mol. The van der Waals surface area contributed by atoms with Crippen LogP contribution in [0.25, 0.3) is 0 Å². The fourth-order valence-electron chi connectivity index (χ4n) is 2.42. The van der Waals surface area contributed by atoms with Crippen molar-refractivity contribution in [3.63, 3.8) is 0 Å². The largest absolute Gasteiger partial charge is 0.455 e. The molecule has 1 N–H and O–H groups in total. The lowest BCUT2D eigenvalue weighted by molar-refractivity contribution is -0.144. The summed E-state index contributed by atoms with van der Waals surface area (Å²) in [6.45, 7) is 3.68. The smallest absolute Gasteiger partial charge is 0.316 e. The van der Waals surface area contributed by atoms with E-state index in [0.717, 1.165) is 28.8 Å². The molecule has 2 aromatic carbocycles. The number of rotatable bonds is 8. The Morgan fingerprint density at radius 3 is 2.58 bits per heavy atom. The van der Waals surface area contributed by atoms with Gasteiger partial charge >= 0.3 is 5.97 Å². The highest BCUT2D eigenvalue weighted by Crippen LogP contribution is 2.22. The van der Waals surface area contributed by atoms with E-state index in [1.54, 1.807) is 0 Å². The Morgan fingerprint density at radius 2 is 1.85 bits per heavy atom. The zero-order valence-electron chi connectivity index (χ0n) is 14.9. The van der Waals surface area contributed by atoms with Crippen LogP contribution in [0, 0.1) is 6.92 Å². The van der Waals surface area contributed by atoms with E-state index in [2.05, 4.69) is 5.32 Å². The SMILES string of the molecule is CCc1cccc(C)c1NC(=O)COC(=O)CSCc1ccccc1Cl. The van der Waals surface area contributed by atoms with Crippen molar-refractivity contribution in [1.29, 1.82) is 0 Å². The third-order valence-electron chi connectivity index (χ3n) is 3.80. The minimum Gasteiger partial charge on any atom is -0.455 e. The maximum atomic E-state index is 12.1. The fraction of sp³-hybridized carbons (Fsp3) is 0.300. The van der Waals surface area contributed by atoms with Gasteiger partial charge in [0.1, 0.15) is 0 Å². The molecule has 0 spiro atoms. The van der Waals surface area contributed by atoms with Crippen LogP contribution in [0.15, 0.2) is 42.5 Å². The van der Waals surface area contributed by atoms with Gasteiger partial charge in [0, 0.05) is 16.5 Å². The first kappa shape index (κ1) is 20.3. The number of nitrogens with one attached hydrogen (secondary N) is 1. The second kappa shape index (κ2) is 10.2. The van der Waals surface area contributed by atoms with E-state index in [0.29, 0.717) is 10.8 Å². The highest BCUT2D eigenvalue weighted by molar-refractivity contribution is 7.99. The Morgan fingerprint density at radius 1 is 1.12 bits per heavy atom. The second-order valence-electron chi connectivity index (χ2n) is 5.76. The standard InChI is InChI=1S/C20H22ClNO3S/c1-3-15-9-6-7-14(2)20(15)22-18(23)11-25-19(24)13-26-12-16-8-4-5-10-17(16)21/h4-10H,3,11-13H2,1-2H3,(H,22,23). The number of hydrogen-bond donors (Lipinski definition) is 1. The summed E-state index contributed by atoms with van der Waals surface area (Å²) in [5, 5.41) is 3.51. The first-order valence-electron chi connectivity index (χ1n) is 8.36. The minimum absolute atomic E-state index is 0.170. The zero-order valence-corrected chi connectivity index (χ0v) is 16.5. The maximum absolute atomic E-state index is 12.1. The van der Waals surface area contributed by atoms with Gasteiger partial charge < -0.3 is 10.1 Å². The molecule has 0 heterocycles. The lowest BCUT2D eigenvalue weighted by Crippen LogP contribution is -2.22. The summed E-state index contributed by atoms with van der Waals surface area (Å²) in [6, 6.07) is 13.4. The molecule has 0 radical (unpaired) electrons. The lowest BCUT2D eigenvalue weighted by atomic mass is 10.1. The van der Waals surface area contributed by atoms with Gasteiger partial charge in [-0.2, -0.15) is 0 Å². The van der Waals surface area contributed by atoms with Crippen molar-refractivity contribution in [2.45, 2.75) is 26.0 Å². The predicted molar refractivity (Wildman–Crippen MR) is 108 cm³/mol. The molecule has 138 valence electrons. The van der Waals surface area contributed by atoms with Gasteiger partial charge in [0.25, 0.3) is 5.91 Å². The molecule has 4 nitrogen and oxygen atoms in total. The normalized spacial score (nSPS) is 10.4. The number of benzene rings is 2. The quantitative estimate of drug-likeness (QED) is 0.667. The fourth-order valence-corrected chi connectivity index (χ4v) is 3.53. The maximum Gasteiger partial charge on any atom is 0.316 e. The molecule has 0 aliphatic rings. The molecule has 0 aliphatic carbocycles. The topological polar surface area (TPSA) is 55.4 Å². The van der Waals surface area contributed by atoms with Crippen molar-refractivity contribution < 1.29 is 14.3 Å². The van der Waals surface area contributed by atoms with Crippen LogP contribution in [0.2, 0.25) is 5.02 Å². The first-order valence-corrected chi connectivity index (χ1v) is 9.89. The molecule has 1 amide bonds. The molecule has 0 aromatic heterocycles. The van der Waals surface area contributed by atoms with Crippen molar-refractivity contribution >= 4 is 40.9 Å². The number of anilines is 1. The van der Waals surface area contributed by atoms with E-state index in [9.17, 15) is 9.59 Å². The van der Waals surface area contributed by atoms with Crippen molar-refractivity contribution in [3.8, 4) is 0 Å². The van der Waals surface area contributed by atoms with Crippen LogP contribution in [0.5, 0.6) is 0 Å². The summed E-state index contributed by atoms with van der Waals surface area (Å²) >= 11 is 7.48. The highest BCUT2D eigenvalue weighted by atomic mass is 35.5. The van der Waals surface area contributed by atoms with Crippen LogP contribution >= 0.6 is 23.4 Å². The van der Waals surface area contributed by atoms with Gasteiger partial charge in [-0.15, -0.1) is 11.8 Å². The molecule has 6 heteroatoms. The molecule has 2 rings (SSSR count). The van der Waals surface area contributed by atoms with Crippen molar-refractivity contribution in [2.75, 3.05) is 17.7 Å². The van der Waals surface area contributed by atoms with Crippen LogP contribution in [-0.2, 0) is 26.5 Å². The van der Waals surface area contributed by atoms with Crippen molar-refractivity contribution in [2.24, 2.45) is 0 Å². The number of thioether (sulfide) groups is 1. The van der Waals surface area contributed by atoms with E-state index in [1.807, 2.05) is 56.3 Å². The van der Waals surface area contributed by atoms with Gasteiger partial charge in [-0.1, -0.05) is 54.9 Å². The highest BCUT2D eigenvalue weighted by Gasteiger charge is 2.11. The summed E-state index contributed by atoms with van der Waals surface area (Å²) in [7, 11) is 0. The molecule has 0 atom stereocenters. The molecule has 2 aromatic rings. The Balaban J connectivity index is 1.75. The molecule has 0 bridgehead atoms. The summed E-state index contributed by atoms with van der Waals surface area (Å²) < 4.78 is 5.05. The number of esters is 1. The lowest BCUT2D eigenvalue weighted by Gasteiger charge is -2.13. The Bertz CT molecular complexity index is 779. The average Bonchev–Trinajstić information content (AvgIpc) is 2.63. The summed E-state index contributed by atoms with van der Waals surface area (Å²) in [4.78, 5) is 23.9. The summed E-state index contributed by atoms with van der Waals surface area (Å²) in [5.74, 6) is 0.0313. The second-order valence-corrected chi connectivity index (χ2v) is 7.15. The Hall–Kier alpha value is -1.98. The number of para-hydroxylation sites is 1. The number of carbonyl (C=O) groups is 2. The van der Waals surface area contributed by atoms with Gasteiger partial charge in [-0.25, -0.2) is 0 Å². The Labute approximate surface area is 163 Å². The van der Waals surface area contributed by atoms with E-state index in [-0.39, 0.29) is 18.3 Å². The molecular weight excluding hydrogens is 370 g/mol. The van der Waals surface area contributed by atoms with Gasteiger partial charge in [0.15, 0.2) is 6.61 Å². The minimum atomic E-state index is -0.419. The van der Waals surface area contributed by atoms with Crippen molar-refractivity contribution in [3.05, 3.63) is 64.2 Å². The number of ether oxygens (including phenoxy) is 1. The molecule has 0 fully saturated rings. The van der Waals surface area contributed by atoms with E-state index in [1.165, 1.54) is 11.8 Å². The molecule has 26 heavy (non-hydrogen) atoms. The number of aryl methyl sites for hydroxylation is 2. The van der Waals surface area contributed by atoms with E-state index >= 15 is 0 Å². The van der Waals surface area contributed by atoms with Crippen LogP contribution in [0.3, 0.4) is 0 Å². The molecule has 0 saturated carbocycles. The Kier molecular flexibility index (Phi) is 8.01. The summed E-state index contributed by atoms with van der Waals surface area (Å²) in [5.41, 5.74) is 3.81. The molecular formula is C20H22ClNO3S. The van der Waals surface area contributed by atoms with Crippen LogP contribution in [-0.4, -0.2) is 24.2 Å². The van der Waals surface area contributed by atoms with Gasteiger partial charge in [0.2, 0.25) is 0 Å². The number of carbonyl (C=O) groups excluding carboxylic acids is 2. The third-order valence-corrected chi connectivity index (χ3v) is 5.13. The van der Waals surface area contributed by atoms with E-state index in [4.69, 9.17) is 16.3 Å². The van der Waals surface area contributed by atoms with Crippen molar-refractivity contribution in [1.82, 2.24) is 0 Å². The van der Waals surface area contributed by atoms with E-state index < -0.39 is 5.97 Å². The van der Waals surface area contributed by atoms with Gasteiger partial charge in [0.05, 0.1) is 5.75 Å². The third kappa shape index (κ3) is 6.07.